The minimum Gasteiger partial charge on any atom is -0.419 e. The topological polar surface area (TPSA) is 69.6 Å². The van der Waals surface area contributed by atoms with Crippen LogP contribution in [-0.2, 0) is 7.05 Å². The molecule has 27 heavy (non-hydrogen) atoms. The zero-order valence-corrected chi connectivity index (χ0v) is 16.3. The molecule has 0 unspecified atom stereocenters. The molecule has 0 aliphatic heterocycles. The van der Waals surface area contributed by atoms with Gasteiger partial charge in [0, 0.05) is 23.2 Å². The van der Waals surface area contributed by atoms with E-state index in [0.29, 0.717) is 16.8 Å². The molecular weight excluding hydrogens is 382 g/mol. The van der Waals surface area contributed by atoms with Gasteiger partial charge in [0.1, 0.15) is 0 Å². The molecule has 8 heteroatoms. The largest absolute Gasteiger partial charge is 0.419 e. The SMILES string of the molecule is C[C@H](Sc1nnc(-c2ccc(Cl)cc2)n1C)c1nnc(-c2ccccc2)o1. The Kier molecular flexibility index (Phi) is 4.96. The van der Waals surface area contributed by atoms with Crippen molar-refractivity contribution in [3.63, 3.8) is 0 Å². The molecular formula is C19H16ClN5OS. The number of halogens is 1. The fourth-order valence-electron chi connectivity index (χ4n) is 2.57. The Morgan fingerprint density at radius 2 is 1.67 bits per heavy atom. The van der Waals surface area contributed by atoms with Crippen LogP contribution in [0.4, 0.5) is 0 Å². The quantitative estimate of drug-likeness (QED) is 0.439. The number of thioether (sulfide) groups is 1. The number of rotatable bonds is 5. The van der Waals surface area contributed by atoms with Gasteiger partial charge in [-0.25, -0.2) is 0 Å². The van der Waals surface area contributed by atoms with Crippen molar-refractivity contribution in [3.05, 3.63) is 65.5 Å². The smallest absolute Gasteiger partial charge is 0.247 e. The lowest BCUT2D eigenvalue weighted by Crippen LogP contribution is -1.97. The summed E-state index contributed by atoms with van der Waals surface area (Å²) in [5.41, 5.74) is 1.86. The second-order valence-corrected chi connectivity index (χ2v) is 7.69. The number of hydrogen-bond acceptors (Lipinski definition) is 6. The van der Waals surface area contributed by atoms with Crippen LogP contribution in [0.15, 0.2) is 64.2 Å². The van der Waals surface area contributed by atoms with E-state index in [0.717, 1.165) is 22.1 Å². The molecule has 2 aromatic heterocycles. The zero-order valence-electron chi connectivity index (χ0n) is 14.7. The van der Waals surface area contributed by atoms with E-state index in [1.165, 1.54) is 11.8 Å². The molecule has 2 heterocycles. The Morgan fingerprint density at radius 1 is 0.926 bits per heavy atom. The van der Waals surface area contributed by atoms with Crippen molar-refractivity contribution in [1.82, 2.24) is 25.0 Å². The van der Waals surface area contributed by atoms with Crippen LogP contribution in [0, 0.1) is 0 Å². The molecule has 0 aliphatic carbocycles. The van der Waals surface area contributed by atoms with E-state index in [2.05, 4.69) is 20.4 Å². The molecule has 4 aromatic rings. The van der Waals surface area contributed by atoms with Crippen LogP contribution in [0.5, 0.6) is 0 Å². The van der Waals surface area contributed by atoms with E-state index in [1.54, 1.807) is 0 Å². The molecule has 0 spiro atoms. The fraction of sp³-hybridized carbons (Fsp3) is 0.158. The van der Waals surface area contributed by atoms with E-state index in [1.807, 2.05) is 73.1 Å². The zero-order chi connectivity index (χ0) is 18.8. The number of hydrogen-bond donors (Lipinski definition) is 0. The van der Waals surface area contributed by atoms with Crippen LogP contribution in [-0.4, -0.2) is 25.0 Å². The standard InChI is InChI=1S/C19H16ClN5OS/c1-12(17-22-23-18(26-17)14-6-4-3-5-7-14)27-19-24-21-16(25(19)2)13-8-10-15(20)11-9-13/h3-12H,1-2H3/t12-/m0/s1. The van der Waals surface area contributed by atoms with E-state index >= 15 is 0 Å². The molecule has 2 aromatic carbocycles. The van der Waals surface area contributed by atoms with Gasteiger partial charge in [0.2, 0.25) is 11.8 Å². The minimum absolute atomic E-state index is 0.0593. The third-order valence-electron chi connectivity index (χ3n) is 4.03. The predicted molar refractivity (Wildman–Crippen MR) is 105 cm³/mol. The third-order valence-corrected chi connectivity index (χ3v) is 5.40. The monoisotopic (exact) mass is 397 g/mol. The predicted octanol–water partition coefficient (Wildman–Crippen LogP) is 5.04. The lowest BCUT2D eigenvalue weighted by Gasteiger charge is -2.07. The van der Waals surface area contributed by atoms with Gasteiger partial charge in [0.15, 0.2) is 11.0 Å². The summed E-state index contributed by atoms with van der Waals surface area (Å²) in [6.45, 7) is 2.00. The maximum absolute atomic E-state index is 5.96. The molecule has 6 nitrogen and oxygen atoms in total. The Labute approximate surface area is 165 Å². The van der Waals surface area contributed by atoms with Crippen molar-refractivity contribution in [2.24, 2.45) is 7.05 Å². The first-order chi connectivity index (χ1) is 13.1. The van der Waals surface area contributed by atoms with Crippen molar-refractivity contribution < 1.29 is 4.42 Å². The van der Waals surface area contributed by atoms with Gasteiger partial charge in [0.05, 0.1) is 5.25 Å². The fourth-order valence-corrected chi connectivity index (χ4v) is 3.54. The van der Waals surface area contributed by atoms with Gasteiger partial charge in [-0.3, -0.25) is 0 Å². The van der Waals surface area contributed by atoms with Gasteiger partial charge in [0.25, 0.3) is 0 Å². The molecule has 0 saturated heterocycles. The maximum Gasteiger partial charge on any atom is 0.247 e. The highest BCUT2D eigenvalue weighted by atomic mass is 35.5. The van der Waals surface area contributed by atoms with Crippen molar-refractivity contribution in [3.8, 4) is 22.8 Å². The van der Waals surface area contributed by atoms with Gasteiger partial charge in [-0.15, -0.1) is 20.4 Å². The summed E-state index contributed by atoms with van der Waals surface area (Å²) in [6.07, 6.45) is 0. The highest BCUT2D eigenvalue weighted by Crippen LogP contribution is 2.35. The van der Waals surface area contributed by atoms with Gasteiger partial charge in [-0.05, 0) is 43.3 Å². The van der Waals surface area contributed by atoms with Crippen molar-refractivity contribution in [2.45, 2.75) is 17.3 Å². The first-order valence-electron chi connectivity index (χ1n) is 8.32. The maximum atomic E-state index is 5.96. The summed E-state index contributed by atoms with van der Waals surface area (Å²) in [4.78, 5) is 0. The Hall–Kier alpha value is -2.64. The van der Waals surface area contributed by atoms with Crippen LogP contribution in [0.25, 0.3) is 22.8 Å². The summed E-state index contributed by atoms with van der Waals surface area (Å²) < 4.78 is 7.78. The van der Waals surface area contributed by atoms with Crippen LogP contribution in [0.3, 0.4) is 0 Å². The molecule has 4 rings (SSSR count). The van der Waals surface area contributed by atoms with Gasteiger partial charge >= 0.3 is 0 Å². The van der Waals surface area contributed by atoms with E-state index in [-0.39, 0.29) is 5.25 Å². The first-order valence-corrected chi connectivity index (χ1v) is 9.58. The molecule has 0 amide bonds. The second-order valence-electron chi connectivity index (χ2n) is 5.94. The summed E-state index contributed by atoms with van der Waals surface area (Å²) in [5, 5.41) is 18.3. The summed E-state index contributed by atoms with van der Waals surface area (Å²) in [7, 11) is 1.93. The van der Waals surface area contributed by atoms with Gasteiger partial charge in [-0.1, -0.05) is 41.6 Å². The average molecular weight is 398 g/mol. The van der Waals surface area contributed by atoms with E-state index in [9.17, 15) is 0 Å². The van der Waals surface area contributed by atoms with Gasteiger partial charge in [-0.2, -0.15) is 0 Å². The minimum atomic E-state index is -0.0593. The highest BCUT2D eigenvalue weighted by Gasteiger charge is 2.20. The Morgan fingerprint density at radius 3 is 2.41 bits per heavy atom. The molecule has 0 saturated carbocycles. The molecule has 0 radical (unpaired) electrons. The second kappa shape index (κ2) is 7.54. The van der Waals surface area contributed by atoms with E-state index < -0.39 is 0 Å². The highest BCUT2D eigenvalue weighted by molar-refractivity contribution is 7.99. The Balaban J connectivity index is 1.53. The summed E-state index contributed by atoms with van der Waals surface area (Å²) >= 11 is 7.47. The van der Waals surface area contributed by atoms with Crippen LogP contribution in [0.1, 0.15) is 18.1 Å². The Bertz CT molecular complexity index is 1050. The molecule has 0 bridgehead atoms. The van der Waals surface area contributed by atoms with Crippen molar-refractivity contribution in [1.29, 1.82) is 0 Å². The lowest BCUT2D eigenvalue weighted by molar-refractivity contribution is 0.508. The molecule has 0 aliphatic rings. The summed E-state index contributed by atoms with van der Waals surface area (Å²) in [6, 6.07) is 17.2. The number of benzene rings is 2. The third kappa shape index (κ3) is 3.74. The van der Waals surface area contributed by atoms with Crippen molar-refractivity contribution >= 4 is 23.4 Å². The number of nitrogens with zero attached hydrogens (tertiary/aromatic N) is 5. The number of aromatic nitrogens is 5. The molecule has 0 N–H and O–H groups in total. The molecule has 136 valence electrons. The van der Waals surface area contributed by atoms with Crippen LogP contribution in [0.2, 0.25) is 5.02 Å². The average Bonchev–Trinajstić information content (AvgIpc) is 3.31. The van der Waals surface area contributed by atoms with Crippen LogP contribution < -0.4 is 0 Å². The van der Waals surface area contributed by atoms with Gasteiger partial charge < -0.3 is 8.98 Å². The van der Waals surface area contributed by atoms with Crippen molar-refractivity contribution in [2.75, 3.05) is 0 Å². The lowest BCUT2D eigenvalue weighted by atomic mass is 10.2. The normalized spacial score (nSPS) is 12.3. The first kappa shape index (κ1) is 17.8. The molecule has 0 fully saturated rings. The summed E-state index contributed by atoms with van der Waals surface area (Å²) in [5.74, 6) is 1.84. The molecule has 1 atom stereocenters. The van der Waals surface area contributed by atoms with Crippen LogP contribution >= 0.6 is 23.4 Å². The van der Waals surface area contributed by atoms with E-state index in [4.69, 9.17) is 16.0 Å².